The summed E-state index contributed by atoms with van der Waals surface area (Å²) in [5.41, 5.74) is -0.636. The summed E-state index contributed by atoms with van der Waals surface area (Å²) in [6, 6.07) is 14.1. The first-order chi connectivity index (χ1) is 19.0. The number of nitrogens with zero attached hydrogens (tertiary/aromatic N) is 3. The van der Waals surface area contributed by atoms with Crippen LogP contribution in [0.1, 0.15) is 25.0 Å². The van der Waals surface area contributed by atoms with Gasteiger partial charge in [0.25, 0.3) is 5.56 Å². The maximum Gasteiger partial charge on any atom is 0.416 e. The number of hydrogen-bond donors (Lipinski definition) is 0. The van der Waals surface area contributed by atoms with Crippen molar-refractivity contribution in [1.29, 1.82) is 0 Å². The Morgan fingerprint density at radius 1 is 1.10 bits per heavy atom. The van der Waals surface area contributed by atoms with Gasteiger partial charge in [-0.2, -0.15) is 22.9 Å². The standard InChI is InChI=1S/C28H23BrF3N3O5/c1-16(2)40-25(36)15-39-24-13-21(29)18(12-23(24)38-3)14-33-35-26(17-7-6-8-19(11-17)28(30,31)32)34-22-10-5-4-9-20(22)27(35)37/h4-14,16H,15H2,1-3H3. The summed E-state index contributed by atoms with van der Waals surface area (Å²) in [7, 11) is 1.41. The third kappa shape index (κ3) is 6.50. The van der Waals surface area contributed by atoms with Crippen LogP contribution in [-0.2, 0) is 15.7 Å². The van der Waals surface area contributed by atoms with Gasteiger partial charge in [0.1, 0.15) is 0 Å². The zero-order chi connectivity index (χ0) is 29.0. The highest BCUT2D eigenvalue weighted by molar-refractivity contribution is 9.10. The molecule has 0 atom stereocenters. The number of methoxy groups -OCH3 is 1. The van der Waals surface area contributed by atoms with E-state index in [1.165, 1.54) is 25.5 Å². The zero-order valence-corrected chi connectivity index (χ0v) is 23.1. The average Bonchev–Trinajstić information content (AvgIpc) is 2.91. The number of aromatic nitrogens is 2. The lowest BCUT2D eigenvalue weighted by Gasteiger charge is -2.14. The van der Waals surface area contributed by atoms with Gasteiger partial charge in [0.05, 0.1) is 35.9 Å². The van der Waals surface area contributed by atoms with Crippen molar-refractivity contribution in [2.75, 3.05) is 13.7 Å². The van der Waals surface area contributed by atoms with Crippen molar-refractivity contribution < 1.29 is 32.2 Å². The van der Waals surface area contributed by atoms with Crippen LogP contribution in [0, 0.1) is 0 Å². The monoisotopic (exact) mass is 617 g/mol. The van der Waals surface area contributed by atoms with Crippen molar-refractivity contribution in [2.45, 2.75) is 26.1 Å². The van der Waals surface area contributed by atoms with E-state index >= 15 is 0 Å². The molecule has 0 radical (unpaired) electrons. The van der Waals surface area contributed by atoms with Crippen LogP contribution in [-0.4, -0.2) is 41.7 Å². The second-order valence-electron chi connectivity index (χ2n) is 8.74. The van der Waals surface area contributed by atoms with Crippen LogP contribution in [0.3, 0.4) is 0 Å². The fourth-order valence-corrected chi connectivity index (χ4v) is 4.15. The molecule has 1 heterocycles. The van der Waals surface area contributed by atoms with Gasteiger partial charge in [0.2, 0.25) is 0 Å². The van der Waals surface area contributed by atoms with E-state index in [1.54, 1.807) is 50.2 Å². The molecule has 0 aliphatic heterocycles. The summed E-state index contributed by atoms with van der Waals surface area (Å²) < 4.78 is 57.7. The predicted molar refractivity (Wildman–Crippen MR) is 147 cm³/mol. The van der Waals surface area contributed by atoms with Gasteiger partial charge in [-0.25, -0.2) is 9.78 Å². The maximum absolute atomic E-state index is 13.4. The first kappa shape index (κ1) is 28.8. The Morgan fingerprint density at radius 3 is 2.55 bits per heavy atom. The first-order valence-electron chi connectivity index (χ1n) is 11.9. The number of alkyl halides is 3. The zero-order valence-electron chi connectivity index (χ0n) is 21.5. The van der Waals surface area contributed by atoms with Crippen molar-refractivity contribution in [3.8, 4) is 22.9 Å². The SMILES string of the molecule is COc1cc(C=Nn2c(-c3cccc(C(F)(F)F)c3)nc3ccccc3c2=O)c(Br)cc1OCC(=O)OC(C)C. The van der Waals surface area contributed by atoms with Crippen LogP contribution in [0.25, 0.3) is 22.3 Å². The van der Waals surface area contributed by atoms with E-state index < -0.39 is 23.3 Å². The molecule has 0 fully saturated rings. The van der Waals surface area contributed by atoms with Crippen molar-refractivity contribution in [1.82, 2.24) is 9.66 Å². The minimum Gasteiger partial charge on any atom is -0.493 e. The maximum atomic E-state index is 13.4. The lowest BCUT2D eigenvalue weighted by atomic mass is 10.1. The molecule has 40 heavy (non-hydrogen) atoms. The molecule has 0 aliphatic rings. The third-order valence-electron chi connectivity index (χ3n) is 5.51. The number of halogens is 4. The number of esters is 1. The summed E-state index contributed by atoms with van der Waals surface area (Å²) >= 11 is 3.41. The third-order valence-corrected chi connectivity index (χ3v) is 6.20. The quantitative estimate of drug-likeness (QED) is 0.176. The van der Waals surface area contributed by atoms with Crippen molar-refractivity contribution in [2.24, 2.45) is 5.10 Å². The second-order valence-corrected chi connectivity index (χ2v) is 9.60. The van der Waals surface area contributed by atoms with Crippen LogP contribution >= 0.6 is 15.9 Å². The Bertz CT molecular complexity index is 1650. The molecule has 1 aromatic heterocycles. The molecular formula is C28H23BrF3N3O5. The van der Waals surface area contributed by atoms with Crippen LogP contribution in [0.2, 0.25) is 0 Å². The number of ether oxygens (including phenoxy) is 3. The highest BCUT2D eigenvalue weighted by Gasteiger charge is 2.31. The van der Waals surface area contributed by atoms with Gasteiger partial charge in [0, 0.05) is 15.6 Å². The summed E-state index contributed by atoms with van der Waals surface area (Å²) in [6.45, 7) is 3.10. The molecule has 0 saturated carbocycles. The van der Waals surface area contributed by atoms with E-state index in [9.17, 15) is 22.8 Å². The van der Waals surface area contributed by atoms with E-state index in [4.69, 9.17) is 14.2 Å². The summed E-state index contributed by atoms with van der Waals surface area (Å²) in [4.78, 5) is 29.7. The summed E-state index contributed by atoms with van der Waals surface area (Å²) in [5, 5.41) is 4.54. The molecule has 0 saturated heterocycles. The van der Waals surface area contributed by atoms with Gasteiger partial charge in [-0.1, -0.05) is 24.3 Å². The Morgan fingerprint density at radius 2 is 1.85 bits per heavy atom. The van der Waals surface area contributed by atoms with Crippen molar-refractivity contribution in [3.05, 3.63) is 86.6 Å². The van der Waals surface area contributed by atoms with E-state index in [-0.39, 0.29) is 41.0 Å². The van der Waals surface area contributed by atoms with Crippen LogP contribution in [0.4, 0.5) is 13.2 Å². The summed E-state index contributed by atoms with van der Waals surface area (Å²) in [5.74, 6) is -0.104. The van der Waals surface area contributed by atoms with E-state index in [2.05, 4.69) is 26.0 Å². The minimum atomic E-state index is -4.59. The van der Waals surface area contributed by atoms with Crippen LogP contribution in [0.5, 0.6) is 11.5 Å². The second kappa shape index (κ2) is 11.9. The van der Waals surface area contributed by atoms with Crippen LogP contribution in [0.15, 0.2) is 75.0 Å². The summed E-state index contributed by atoms with van der Waals surface area (Å²) in [6.07, 6.45) is -3.55. The van der Waals surface area contributed by atoms with Crippen molar-refractivity contribution >= 4 is 39.0 Å². The highest BCUT2D eigenvalue weighted by Crippen LogP contribution is 2.34. The van der Waals surface area contributed by atoms with Crippen molar-refractivity contribution in [3.63, 3.8) is 0 Å². The van der Waals surface area contributed by atoms with Gasteiger partial charge in [0.15, 0.2) is 23.9 Å². The van der Waals surface area contributed by atoms with Gasteiger partial charge in [-0.05, 0) is 66.2 Å². The molecule has 12 heteroatoms. The molecule has 4 rings (SSSR count). The topological polar surface area (TPSA) is 92.0 Å². The molecule has 4 aromatic rings. The average molecular weight is 618 g/mol. The largest absolute Gasteiger partial charge is 0.493 e. The number of rotatable bonds is 8. The fraction of sp³-hybridized carbons (Fsp3) is 0.214. The Kier molecular flexibility index (Phi) is 8.58. The van der Waals surface area contributed by atoms with E-state index in [1.807, 2.05) is 0 Å². The number of fused-ring (bicyclic) bond motifs is 1. The fourth-order valence-electron chi connectivity index (χ4n) is 3.73. The molecule has 0 spiro atoms. The molecular weight excluding hydrogens is 595 g/mol. The molecule has 0 amide bonds. The Balaban J connectivity index is 1.77. The number of para-hydroxylation sites is 1. The molecule has 0 bridgehead atoms. The van der Waals surface area contributed by atoms with Gasteiger partial charge in [-0.3, -0.25) is 4.79 Å². The lowest BCUT2D eigenvalue weighted by molar-refractivity contribution is -0.149. The highest BCUT2D eigenvalue weighted by atomic mass is 79.9. The molecule has 8 nitrogen and oxygen atoms in total. The van der Waals surface area contributed by atoms with Crippen LogP contribution < -0.4 is 15.0 Å². The Labute approximate surface area is 235 Å². The molecule has 0 unspecified atom stereocenters. The van der Waals surface area contributed by atoms with Gasteiger partial charge < -0.3 is 14.2 Å². The number of hydrogen-bond acceptors (Lipinski definition) is 7. The molecule has 3 aromatic carbocycles. The van der Waals surface area contributed by atoms with E-state index in [0.29, 0.717) is 15.6 Å². The predicted octanol–water partition coefficient (Wildman–Crippen LogP) is 6.07. The Hall–Kier alpha value is -4.19. The van der Waals surface area contributed by atoms with Gasteiger partial charge >= 0.3 is 12.1 Å². The number of benzene rings is 3. The smallest absolute Gasteiger partial charge is 0.416 e. The number of carbonyl (C=O) groups excluding carboxylic acids is 1. The molecule has 0 aliphatic carbocycles. The lowest BCUT2D eigenvalue weighted by Crippen LogP contribution is -2.20. The van der Waals surface area contributed by atoms with E-state index in [0.717, 1.165) is 16.8 Å². The minimum absolute atomic E-state index is 0.0588. The number of carbonyl (C=O) groups is 1. The first-order valence-corrected chi connectivity index (χ1v) is 12.7. The normalized spacial score (nSPS) is 11.8. The molecule has 0 N–H and O–H groups in total. The van der Waals surface area contributed by atoms with Gasteiger partial charge in [-0.15, -0.1) is 0 Å². The molecule has 208 valence electrons.